The van der Waals surface area contributed by atoms with Crippen molar-refractivity contribution in [1.82, 2.24) is 4.90 Å². The fraction of sp³-hybridized carbons (Fsp3) is 0.429. The van der Waals surface area contributed by atoms with Gasteiger partial charge in [0.2, 0.25) is 0 Å². The highest BCUT2D eigenvalue weighted by molar-refractivity contribution is 5.41. The first-order valence-electron chi connectivity index (χ1n) is 9.20. The summed E-state index contributed by atoms with van der Waals surface area (Å²) in [4.78, 5) is 4.28. The molecule has 1 N–H and O–H groups in total. The fourth-order valence-corrected chi connectivity index (χ4v) is 4.32. The summed E-state index contributed by atoms with van der Waals surface area (Å²) in [6.07, 6.45) is 4.82. The predicted molar refractivity (Wildman–Crippen MR) is 95.2 cm³/mol. The minimum absolute atomic E-state index is 0. The Morgan fingerprint density at radius 3 is 2.48 bits per heavy atom. The predicted octanol–water partition coefficient (Wildman–Crippen LogP) is -0.391. The molecular weight excluding hydrogens is 379 g/mol. The van der Waals surface area contributed by atoms with E-state index >= 15 is 0 Å². The number of para-hydroxylation sites is 1. The molecule has 0 aliphatic carbocycles. The van der Waals surface area contributed by atoms with Crippen molar-refractivity contribution in [2.45, 2.75) is 31.7 Å². The number of benzene rings is 2. The lowest BCUT2D eigenvalue weighted by Crippen LogP contribution is -3.10. The third-order valence-corrected chi connectivity index (χ3v) is 5.74. The van der Waals surface area contributed by atoms with E-state index in [-0.39, 0.29) is 22.8 Å². The van der Waals surface area contributed by atoms with Crippen LogP contribution in [0.25, 0.3) is 0 Å². The molecule has 2 aromatic rings. The molecule has 4 rings (SSSR count). The first-order valence-corrected chi connectivity index (χ1v) is 9.20. The molecule has 1 atom stereocenters. The SMILES string of the molecule is Fc1ccc(CCN2CCC([NH+]3CCc4ccccc43)CC2)cc1.[Br-]. The van der Waals surface area contributed by atoms with Crippen molar-refractivity contribution in [1.29, 1.82) is 0 Å². The number of fused-ring (bicyclic) bond motifs is 1. The minimum Gasteiger partial charge on any atom is -1.00 e. The summed E-state index contributed by atoms with van der Waals surface area (Å²) in [5.74, 6) is -0.145. The zero-order valence-corrected chi connectivity index (χ0v) is 16.1. The van der Waals surface area contributed by atoms with E-state index in [1.165, 1.54) is 44.5 Å². The van der Waals surface area contributed by atoms with Crippen molar-refractivity contribution in [3.8, 4) is 0 Å². The summed E-state index contributed by atoms with van der Waals surface area (Å²) in [5, 5.41) is 0. The minimum atomic E-state index is -0.145. The topological polar surface area (TPSA) is 7.68 Å². The Kier molecular flexibility index (Phi) is 6.26. The van der Waals surface area contributed by atoms with Gasteiger partial charge in [0.15, 0.2) is 0 Å². The molecule has 0 spiro atoms. The van der Waals surface area contributed by atoms with E-state index in [1.807, 2.05) is 12.1 Å². The van der Waals surface area contributed by atoms with Crippen LogP contribution in [-0.4, -0.2) is 37.1 Å². The van der Waals surface area contributed by atoms with Gasteiger partial charge in [-0.05, 0) is 30.2 Å². The van der Waals surface area contributed by atoms with Crippen LogP contribution in [0.5, 0.6) is 0 Å². The monoisotopic (exact) mass is 404 g/mol. The summed E-state index contributed by atoms with van der Waals surface area (Å²) in [7, 11) is 0. The van der Waals surface area contributed by atoms with E-state index in [9.17, 15) is 4.39 Å². The van der Waals surface area contributed by atoms with Crippen molar-refractivity contribution in [2.24, 2.45) is 0 Å². The third-order valence-electron chi connectivity index (χ3n) is 5.74. The molecule has 0 amide bonds. The maximum Gasteiger partial charge on any atom is 0.134 e. The van der Waals surface area contributed by atoms with Gasteiger partial charge in [-0.15, -0.1) is 0 Å². The molecule has 2 aliphatic heterocycles. The summed E-state index contributed by atoms with van der Waals surface area (Å²) >= 11 is 0. The molecule has 134 valence electrons. The Balaban J connectivity index is 0.00000182. The van der Waals surface area contributed by atoms with Crippen LogP contribution < -0.4 is 21.9 Å². The molecule has 2 aromatic carbocycles. The highest BCUT2D eigenvalue weighted by atomic mass is 79.9. The van der Waals surface area contributed by atoms with E-state index in [1.54, 1.807) is 28.3 Å². The normalized spacial score (nSPS) is 20.9. The van der Waals surface area contributed by atoms with E-state index in [0.29, 0.717) is 0 Å². The Hall–Kier alpha value is -1.23. The van der Waals surface area contributed by atoms with Gasteiger partial charge < -0.3 is 21.9 Å². The molecular formula is C21H26BrFN2. The molecule has 0 saturated carbocycles. The average molecular weight is 405 g/mol. The van der Waals surface area contributed by atoms with Crippen LogP contribution in [0.4, 0.5) is 10.1 Å². The van der Waals surface area contributed by atoms with Crippen LogP contribution >= 0.6 is 0 Å². The van der Waals surface area contributed by atoms with Crippen molar-refractivity contribution in [3.05, 3.63) is 65.5 Å². The largest absolute Gasteiger partial charge is 1.00 e. The molecule has 0 aromatic heterocycles. The number of nitrogens with zero attached hydrogens (tertiary/aromatic N) is 1. The van der Waals surface area contributed by atoms with Crippen molar-refractivity contribution in [3.63, 3.8) is 0 Å². The number of rotatable bonds is 4. The molecule has 1 fully saturated rings. The second kappa shape index (κ2) is 8.43. The smallest absolute Gasteiger partial charge is 0.134 e. The number of quaternary nitrogens is 1. The van der Waals surface area contributed by atoms with Gasteiger partial charge >= 0.3 is 0 Å². The number of likely N-dealkylation sites (tertiary alicyclic amines) is 1. The molecule has 2 aliphatic rings. The molecule has 0 bridgehead atoms. The molecule has 2 nitrogen and oxygen atoms in total. The van der Waals surface area contributed by atoms with Gasteiger partial charge in [0.25, 0.3) is 0 Å². The maximum absolute atomic E-state index is 13.0. The summed E-state index contributed by atoms with van der Waals surface area (Å²) in [6.45, 7) is 4.74. The second-order valence-electron chi connectivity index (χ2n) is 7.17. The average Bonchev–Trinajstić information content (AvgIpc) is 3.06. The first kappa shape index (κ1) is 18.6. The van der Waals surface area contributed by atoms with Gasteiger partial charge in [-0.1, -0.05) is 30.3 Å². The van der Waals surface area contributed by atoms with Gasteiger partial charge in [0.1, 0.15) is 11.5 Å². The van der Waals surface area contributed by atoms with Gasteiger partial charge in [-0.3, -0.25) is 4.90 Å². The van der Waals surface area contributed by atoms with Crippen LogP contribution in [-0.2, 0) is 12.8 Å². The lowest BCUT2D eigenvalue weighted by Gasteiger charge is -2.34. The summed E-state index contributed by atoms with van der Waals surface area (Å²) in [5.41, 5.74) is 4.33. The van der Waals surface area contributed by atoms with Crippen molar-refractivity contribution in [2.75, 3.05) is 26.2 Å². The lowest BCUT2D eigenvalue weighted by atomic mass is 10.0. The Morgan fingerprint density at radius 1 is 1.00 bits per heavy atom. The maximum atomic E-state index is 13.0. The van der Waals surface area contributed by atoms with Crippen LogP contribution in [0.2, 0.25) is 0 Å². The number of piperidine rings is 1. The Morgan fingerprint density at radius 2 is 1.72 bits per heavy atom. The molecule has 1 unspecified atom stereocenters. The summed E-state index contributed by atoms with van der Waals surface area (Å²) in [6, 6.07) is 16.7. The molecule has 2 heterocycles. The van der Waals surface area contributed by atoms with E-state index in [4.69, 9.17) is 0 Å². The number of hydrogen-bond donors (Lipinski definition) is 1. The lowest BCUT2D eigenvalue weighted by molar-refractivity contribution is -0.856. The second-order valence-corrected chi connectivity index (χ2v) is 7.17. The van der Waals surface area contributed by atoms with Gasteiger partial charge in [-0.2, -0.15) is 0 Å². The highest BCUT2D eigenvalue weighted by Gasteiger charge is 2.33. The number of nitrogens with one attached hydrogen (secondary N) is 1. The third kappa shape index (κ3) is 4.30. The molecule has 4 heteroatoms. The zero-order valence-electron chi connectivity index (χ0n) is 14.6. The van der Waals surface area contributed by atoms with Crippen LogP contribution in [0.1, 0.15) is 24.0 Å². The van der Waals surface area contributed by atoms with Gasteiger partial charge in [0, 0.05) is 44.5 Å². The Bertz CT molecular complexity index is 681. The molecule has 0 radical (unpaired) electrons. The van der Waals surface area contributed by atoms with Crippen LogP contribution in [0.15, 0.2) is 48.5 Å². The van der Waals surface area contributed by atoms with Crippen LogP contribution in [0.3, 0.4) is 0 Å². The summed E-state index contributed by atoms with van der Waals surface area (Å²) < 4.78 is 13.0. The number of hydrogen-bond acceptors (Lipinski definition) is 1. The Labute approximate surface area is 160 Å². The molecule has 25 heavy (non-hydrogen) atoms. The standard InChI is InChI=1S/C21H25FN2.BrH/c22-19-7-5-17(6-8-19)9-13-23-14-11-20(12-15-23)24-16-10-18-3-1-2-4-21(18)24;/h1-8,20H,9-16H2;1H. The van der Waals surface area contributed by atoms with E-state index in [2.05, 4.69) is 29.2 Å². The fourth-order valence-electron chi connectivity index (χ4n) is 4.32. The number of halogens is 2. The first-order chi connectivity index (χ1) is 11.8. The van der Waals surface area contributed by atoms with Crippen molar-refractivity contribution < 1.29 is 26.3 Å². The van der Waals surface area contributed by atoms with Crippen molar-refractivity contribution >= 4 is 5.69 Å². The van der Waals surface area contributed by atoms with E-state index < -0.39 is 0 Å². The van der Waals surface area contributed by atoms with Gasteiger partial charge in [-0.25, -0.2) is 4.39 Å². The van der Waals surface area contributed by atoms with Gasteiger partial charge in [0.05, 0.1) is 12.6 Å². The van der Waals surface area contributed by atoms with E-state index in [0.717, 1.165) is 19.0 Å². The van der Waals surface area contributed by atoms with Crippen LogP contribution in [0, 0.1) is 5.82 Å². The zero-order chi connectivity index (χ0) is 16.4. The highest BCUT2D eigenvalue weighted by Crippen LogP contribution is 2.19. The quantitative estimate of drug-likeness (QED) is 0.728. The molecule has 1 saturated heterocycles.